The van der Waals surface area contributed by atoms with E-state index in [0.717, 1.165) is 11.1 Å². The van der Waals surface area contributed by atoms with Gasteiger partial charge in [0.15, 0.2) is 17.3 Å². The molecule has 0 aromatic heterocycles. The van der Waals surface area contributed by atoms with E-state index in [9.17, 15) is 9.18 Å². The van der Waals surface area contributed by atoms with Gasteiger partial charge in [-0.15, -0.1) is 0 Å². The van der Waals surface area contributed by atoms with Crippen molar-refractivity contribution in [1.82, 2.24) is 0 Å². The third kappa shape index (κ3) is 2.81. The third-order valence-electron chi connectivity index (χ3n) is 3.04. The molecule has 0 spiro atoms. The fourth-order valence-corrected chi connectivity index (χ4v) is 1.79. The van der Waals surface area contributed by atoms with E-state index in [0.29, 0.717) is 5.75 Å². The van der Waals surface area contributed by atoms with E-state index in [2.05, 4.69) is 0 Å². The van der Waals surface area contributed by atoms with Crippen molar-refractivity contribution < 1.29 is 13.9 Å². The lowest BCUT2D eigenvalue weighted by Gasteiger charge is -2.11. The maximum absolute atomic E-state index is 13.8. The molecule has 0 unspecified atom stereocenters. The second-order valence-corrected chi connectivity index (χ2v) is 4.52. The van der Waals surface area contributed by atoms with Gasteiger partial charge in [0, 0.05) is 0 Å². The molecule has 0 heterocycles. The van der Waals surface area contributed by atoms with Crippen LogP contribution in [0.2, 0.25) is 0 Å². The molecule has 2 aromatic rings. The van der Waals surface area contributed by atoms with Gasteiger partial charge < -0.3 is 4.74 Å². The molecule has 0 aliphatic rings. The molecule has 0 aliphatic heterocycles. The Morgan fingerprint density at radius 3 is 2.47 bits per heavy atom. The number of benzene rings is 2. The molecule has 98 valence electrons. The van der Waals surface area contributed by atoms with E-state index in [1.54, 1.807) is 12.1 Å². The number of ether oxygens (including phenoxy) is 1. The van der Waals surface area contributed by atoms with Crippen LogP contribution in [0.3, 0.4) is 0 Å². The first-order valence-corrected chi connectivity index (χ1v) is 6.03. The number of hydrogen-bond acceptors (Lipinski definition) is 2. The summed E-state index contributed by atoms with van der Waals surface area (Å²) < 4.78 is 19.3. The van der Waals surface area contributed by atoms with E-state index in [1.165, 1.54) is 19.1 Å². The number of Topliss-reactive ketones (excluding diaryl/α,β-unsaturated/α-hetero) is 1. The van der Waals surface area contributed by atoms with Gasteiger partial charge in [0.05, 0.1) is 5.56 Å². The number of carbonyl (C=O) groups is 1. The van der Waals surface area contributed by atoms with Crippen molar-refractivity contribution in [3.8, 4) is 11.5 Å². The molecule has 0 saturated heterocycles. The van der Waals surface area contributed by atoms with Gasteiger partial charge >= 0.3 is 0 Å². The zero-order valence-electron chi connectivity index (χ0n) is 11.2. The fraction of sp³-hybridized carbons (Fsp3) is 0.188. The molecule has 19 heavy (non-hydrogen) atoms. The van der Waals surface area contributed by atoms with E-state index >= 15 is 0 Å². The van der Waals surface area contributed by atoms with Gasteiger partial charge in [-0.1, -0.05) is 12.1 Å². The molecule has 0 saturated carbocycles. The predicted molar refractivity (Wildman–Crippen MR) is 72.4 cm³/mol. The summed E-state index contributed by atoms with van der Waals surface area (Å²) in [7, 11) is 0. The normalized spacial score (nSPS) is 10.3. The second-order valence-electron chi connectivity index (χ2n) is 4.52. The highest BCUT2D eigenvalue weighted by Gasteiger charge is 2.14. The summed E-state index contributed by atoms with van der Waals surface area (Å²) in [5.41, 5.74) is 2.43. The van der Waals surface area contributed by atoms with Gasteiger partial charge in [-0.3, -0.25) is 4.79 Å². The van der Waals surface area contributed by atoms with E-state index < -0.39 is 5.82 Å². The van der Waals surface area contributed by atoms with Crippen LogP contribution < -0.4 is 4.74 Å². The highest BCUT2D eigenvalue weighted by Crippen LogP contribution is 2.29. The number of hydrogen-bond donors (Lipinski definition) is 0. The first kappa shape index (κ1) is 13.3. The number of halogens is 1. The van der Waals surface area contributed by atoms with Crippen LogP contribution in [0.4, 0.5) is 4.39 Å². The molecule has 2 rings (SSSR count). The number of ketones is 1. The average Bonchev–Trinajstić information content (AvgIpc) is 2.36. The summed E-state index contributed by atoms with van der Waals surface area (Å²) in [5, 5.41) is 0. The Balaban J connectivity index is 2.42. The van der Waals surface area contributed by atoms with Crippen LogP contribution in [0.15, 0.2) is 36.4 Å². The van der Waals surface area contributed by atoms with Crippen LogP contribution in [0, 0.1) is 19.7 Å². The van der Waals surface area contributed by atoms with Gasteiger partial charge in [0.2, 0.25) is 0 Å². The first-order valence-electron chi connectivity index (χ1n) is 6.03. The zero-order chi connectivity index (χ0) is 14.0. The number of rotatable bonds is 3. The molecule has 0 radical (unpaired) electrons. The van der Waals surface area contributed by atoms with Crippen molar-refractivity contribution in [3.63, 3.8) is 0 Å². The van der Waals surface area contributed by atoms with E-state index in [4.69, 9.17) is 4.74 Å². The molecule has 0 aliphatic carbocycles. The molecule has 0 bridgehead atoms. The second kappa shape index (κ2) is 5.22. The maximum atomic E-state index is 13.8. The lowest BCUT2D eigenvalue weighted by atomic mass is 10.1. The van der Waals surface area contributed by atoms with Crippen molar-refractivity contribution in [1.29, 1.82) is 0 Å². The van der Waals surface area contributed by atoms with Crippen LogP contribution in [-0.4, -0.2) is 5.78 Å². The van der Waals surface area contributed by atoms with Gasteiger partial charge in [-0.05, 0) is 56.2 Å². The third-order valence-corrected chi connectivity index (χ3v) is 3.04. The van der Waals surface area contributed by atoms with Gasteiger partial charge in [0.25, 0.3) is 0 Å². The highest BCUT2D eigenvalue weighted by molar-refractivity contribution is 5.96. The standard InChI is InChI=1S/C16H15FO2/c1-10-7-8-13(9-11(10)2)19-16-14(12(3)18)5-4-6-15(16)17/h4-9H,1-3H3. The Hall–Kier alpha value is -2.16. The summed E-state index contributed by atoms with van der Waals surface area (Å²) in [6.07, 6.45) is 0. The summed E-state index contributed by atoms with van der Waals surface area (Å²) in [6.45, 7) is 5.33. The Morgan fingerprint density at radius 1 is 1.11 bits per heavy atom. The Kier molecular flexibility index (Phi) is 3.65. The Bertz CT molecular complexity index is 633. The summed E-state index contributed by atoms with van der Waals surface area (Å²) in [6, 6.07) is 9.83. The minimum Gasteiger partial charge on any atom is -0.454 e. The van der Waals surface area contributed by atoms with E-state index in [-0.39, 0.29) is 17.1 Å². The van der Waals surface area contributed by atoms with E-state index in [1.807, 2.05) is 26.0 Å². The fourth-order valence-electron chi connectivity index (χ4n) is 1.79. The molecule has 2 nitrogen and oxygen atoms in total. The number of aryl methyl sites for hydroxylation is 2. The predicted octanol–water partition coefficient (Wildman–Crippen LogP) is 4.44. The summed E-state index contributed by atoms with van der Waals surface area (Å²) in [4.78, 5) is 11.5. The molecule has 3 heteroatoms. The largest absolute Gasteiger partial charge is 0.454 e. The minimum atomic E-state index is -0.536. The Morgan fingerprint density at radius 2 is 1.84 bits per heavy atom. The zero-order valence-corrected chi connectivity index (χ0v) is 11.2. The highest BCUT2D eigenvalue weighted by atomic mass is 19.1. The van der Waals surface area contributed by atoms with Gasteiger partial charge in [-0.25, -0.2) is 4.39 Å². The topological polar surface area (TPSA) is 26.3 Å². The summed E-state index contributed by atoms with van der Waals surface area (Å²) >= 11 is 0. The van der Waals surface area contributed by atoms with Crippen molar-refractivity contribution in [2.75, 3.05) is 0 Å². The molecule has 0 fully saturated rings. The molecule has 0 atom stereocenters. The number of carbonyl (C=O) groups excluding carboxylic acids is 1. The molecular formula is C16H15FO2. The van der Waals surface area contributed by atoms with Gasteiger partial charge in [0.1, 0.15) is 5.75 Å². The molecular weight excluding hydrogens is 243 g/mol. The first-order chi connectivity index (χ1) is 8.99. The molecule has 0 N–H and O–H groups in total. The van der Waals surface area contributed by atoms with Crippen LogP contribution in [-0.2, 0) is 0 Å². The molecule has 2 aromatic carbocycles. The summed E-state index contributed by atoms with van der Waals surface area (Å²) in [5.74, 6) is -0.252. The quantitative estimate of drug-likeness (QED) is 0.761. The monoisotopic (exact) mass is 258 g/mol. The SMILES string of the molecule is CC(=O)c1cccc(F)c1Oc1ccc(C)c(C)c1. The smallest absolute Gasteiger partial charge is 0.173 e. The minimum absolute atomic E-state index is 0.0155. The van der Waals surface area contributed by atoms with Crippen LogP contribution in [0.5, 0.6) is 11.5 Å². The number of para-hydroxylation sites is 1. The average molecular weight is 258 g/mol. The van der Waals surface area contributed by atoms with Crippen molar-refractivity contribution >= 4 is 5.78 Å². The lowest BCUT2D eigenvalue weighted by molar-refractivity contribution is 0.101. The van der Waals surface area contributed by atoms with Crippen LogP contribution in [0.1, 0.15) is 28.4 Å². The van der Waals surface area contributed by atoms with Gasteiger partial charge in [-0.2, -0.15) is 0 Å². The Labute approximate surface area is 111 Å². The maximum Gasteiger partial charge on any atom is 0.173 e. The van der Waals surface area contributed by atoms with Crippen molar-refractivity contribution in [2.45, 2.75) is 20.8 Å². The van der Waals surface area contributed by atoms with Crippen molar-refractivity contribution in [2.24, 2.45) is 0 Å². The van der Waals surface area contributed by atoms with Crippen LogP contribution in [0.25, 0.3) is 0 Å². The lowest BCUT2D eigenvalue weighted by Crippen LogP contribution is -1.99. The van der Waals surface area contributed by atoms with Crippen molar-refractivity contribution in [3.05, 3.63) is 58.9 Å². The molecule has 0 amide bonds. The van der Waals surface area contributed by atoms with Crippen LogP contribution >= 0.6 is 0 Å².